The van der Waals surface area contributed by atoms with Crippen molar-refractivity contribution in [2.45, 2.75) is 6.18 Å². The van der Waals surface area contributed by atoms with E-state index in [1.54, 1.807) is 30.3 Å². The smallest absolute Gasteiger partial charge is 0.416 e. The number of carbonyl (C=O) groups excluding carboxylic acids is 1. The third-order valence-electron chi connectivity index (χ3n) is 4.57. The van der Waals surface area contributed by atoms with Crippen LogP contribution in [-0.4, -0.2) is 5.78 Å². The summed E-state index contributed by atoms with van der Waals surface area (Å²) in [6, 6.07) is 16.0. The van der Waals surface area contributed by atoms with Gasteiger partial charge in [-0.1, -0.05) is 41.4 Å². The van der Waals surface area contributed by atoms with Gasteiger partial charge in [-0.25, -0.2) is 0 Å². The summed E-state index contributed by atoms with van der Waals surface area (Å²) in [6.07, 6.45) is -1.77. The number of allylic oxidation sites excluding steroid dienone is 1. The van der Waals surface area contributed by atoms with Crippen molar-refractivity contribution in [2.24, 2.45) is 0 Å². The van der Waals surface area contributed by atoms with Crippen molar-refractivity contribution in [1.82, 2.24) is 0 Å². The Morgan fingerprint density at radius 3 is 2.41 bits per heavy atom. The molecule has 4 rings (SSSR count). The van der Waals surface area contributed by atoms with E-state index in [1.165, 1.54) is 36.4 Å². The highest BCUT2D eigenvalue weighted by Gasteiger charge is 2.30. The summed E-state index contributed by atoms with van der Waals surface area (Å²) in [5.74, 6) is 0.549. The summed E-state index contributed by atoms with van der Waals surface area (Å²) >= 11 is 12.2. The molecule has 0 saturated carbocycles. The Balaban J connectivity index is 1.51. The second kappa shape index (κ2) is 8.73. The van der Waals surface area contributed by atoms with Crippen molar-refractivity contribution < 1.29 is 26.8 Å². The molecule has 0 N–H and O–H groups in total. The van der Waals surface area contributed by atoms with Gasteiger partial charge in [-0.3, -0.25) is 4.79 Å². The fourth-order valence-corrected chi connectivity index (χ4v) is 3.39. The third-order valence-corrected chi connectivity index (χ3v) is 5.38. The van der Waals surface area contributed by atoms with Crippen LogP contribution in [0.3, 0.4) is 0 Å². The number of carbonyl (C=O) groups is 1. The first-order chi connectivity index (χ1) is 15.2. The van der Waals surface area contributed by atoms with Gasteiger partial charge >= 0.3 is 6.18 Å². The van der Waals surface area contributed by atoms with E-state index < -0.39 is 17.5 Å². The van der Waals surface area contributed by atoms with Crippen LogP contribution in [0.1, 0.15) is 21.9 Å². The second-order valence-electron chi connectivity index (χ2n) is 6.74. The number of alkyl halides is 3. The Labute approximate surface area is 190 Å². The van der Waals surface area contributed by atoms with Crippen LogP contribution in [0.15, 0.2) is 81.6 Å². The lowest BCUT2D eigenvalue weighted by atomic mass is 10.1. The highest BCUT2D eigenvalue weighted by molar-refractivity contribution is 6.43. The van der Waals surface area contributed by atoms with Gasteiger partial charge < -0.3 is 8.83 Å². The Hall–Kier alpha value is -3.22. The molecule has 0 aliphatic heterocycles. The SMILES string of the molecule is O=C(/C=C/c1ccc(-c2cccc(Cl)c2Cl)o1)c1ccc(-c2cccc(C(F)(F)F)c2)o1. The molecule has 0 atom stereocenters. The molecule has 0 aliphatic carbocycles. The van der Waals surface area contributed by atoms with E-state index in [-0.39, 0.29) is 17.1 Å². The van der Waals surface area contributed by atoms with E-state index in [2.05, 4.69) is 0 Å². The van der Waals surface area contributed by atoms with E-state index in [4.69, 9.17) is 32.0 Å². The Morgan fingerprint density at radius 2 is 1.62 bits per heavy atom. The molecule has 0 spiro atoms. The van der Waals surface area contributed by atoms with Gasteiger partial charge in [0.1, 0.15) is 17.3 Å². The summed E-state index contributed by atoms with van der Waals surface area (Å²) in [6.45, 7) is 0. The van der Waals surface area contributed by atoms with Gasteiger partial charge in [0.15, 0.2) is 5.76 Å². The van der Waals surface area contributed by atoms with Gasteiger partial charge in [0.2, 0.25) is 5.78 Å². The summed E-state index contributed by atoms with van der Waals surface area (Å²) in [5.41, 5.74) is 0.0337. The fourth-order valence-electron chi connectivity index (χ4n) is 3.00. The number of hydrogen-bond acceptors (Lipinski definition) is 3. The number of hydrogen-bond donors (Lipinski definition) is 0. The minimum atomic E-state index is -4.47. The maximum Gasteiger partial charge on any atom is 0.416 e. The summed E-state index contributed by atoms with van der Waals surface area (Å²) < 4.78 is 49.9. The van der Waals surface area contributed by atoms with Crippen LogP contribution in [0.25, 0.3) is 28.7 Å². The van der Waals surface area contributed by atoms with Crippen LogP contribution >= 0.6 is 23.2 Å². The van der Waals surface area contributed by atoms with E-state index in [1.807, 2.05) is 0 Å². The molecule has 0 aliphatic rings. The minimum absolute atomic E-state index is 0.0154. The molecule has 0 amide bonds. The monoisotopic (exact) mass is 476 g/mol. The van der Waals surface area contributed by atoms with Crippen molar-refractivity contribution in [3.8, 4) is 22.6 Å². The number of furan rings is 2. The number of halogens is 5. The molecule has 4 aromatic rings. The first-order valence-corrected chi connectivity index (χ1v) is 10.0. The lowest BCUT2D eigenvalue weighted by Gasteiger charge is -2.07. The van der Waals surface area contributed by atoms with E-state index in [0.29, 0.717) is 27.1 Å². The first-order valence-electron chi connectivity index (χ1n) is 9.26. The largest absolute Gasteiger partial charge is 0.457 e. The molecule has 0 saturated heterocycles. The van der Waals surface area contributed by atoms with E-state index in [9.17, 15) is 18.0 Å². The third kappa shape index (κ3) is 4.66. The average Bonchev–Trinajstić information content (AvgIpc) is 3.44. The fraction of sp³-hybridized carbons (Fsp3) is 0.0417. The predicted octanol–water partition coefficient (Wildman–Crippen LogP) is 8.43. The zero-order valence-corrected chi connectivity index (χ0v) is 17.6. The summed E-state index contributed by atoms with van der Waals surface area (Å²) in [7, 11) is 0. The number of ketones is 1. The normalized spacial score (nSPS) is 11.9. The molecule has 0 radical (unpaired) electrons. The molecule has 162 valence electrons. The molecular formula is C24H13Cl2F3O3. The van der Waals surface area contributed by atoms with Crippen LogP contribution in [0, 0.1) is 0 Å². The van der Waals surface area contributed by atoms with Crippen molar-refractivity contribution in [2.75, 3.05) is 0 Å². The Morgan fingerprint density at radius 1 is 0.875 bits per heavy atom. The van der Waals surface area contributed by atoms with Crippen LogP contribution in [0.4, 0.5) is 13.2 Å². The van der Waals surface area contributed by atoms with Crippen LogP contribution < -0.4 is 0 Å². The first kappa shape index (κ1) is 22.0. The highest BCUT2D eigenvalue weighted by atomic mass is 35.5. The Bertz CT molecular complexity index is 1320. The van der Waals surface area contributed by atoms with Gasteiger partial charge in [0.05, 0.1) is 15.6 Å². The van der Waals surface area contributed by atoms with Gasteiger partial charge in [-0.2, -0.15) is 13.2 Å². The molecule has 0 bridgehead atoms. The van der Waals surface area contributed by atoms with Crippen LogP contribution in [0.5, 0.6) is 0 Å². The molecule has 0 fully saturated rings. The lowest BCUT2D eigenvalue weighted by Crippen LogP contribution is -2.04. The molecule has 0 unspecified atom stereocenters. The lowest BCUT2D eigenvalue weighted by molar-refractivity contribution is -0.137. The maximum absolute atomic E-state index is 12.9. The second-order valence-corrected chi connectivity index (χ2v) is 7.53. The standard InChI is InChI=1S/C24H13Cl2F3O3/c25-18-6-2-5-17(23(18)26)21-10-8-16(31-21)7-9-19(30)22-12-11-20(32-22)14-3-1-4-15(13-14)24(27,28)29/h1-13H/b9-7+. The zero-order chi connectivity index (χ0) is 22.9. The van der Waals surface area contributed by atoms with Crippen molar-refractivity contribution in [3.05, 3.63) is 99.9 Å². The van der Waals surface area contributed by atoms with Gasteiger partial charge in [0, 0.05) is 11.1 Å². The molecule has 32 heavy (non-hydrogen) atoms. The highest BCUT2D eigenvalue weighted by Crippen LogP contribution is 2.35. The van der Waals surface area contributed by atoms with Crippen molar-refractivity contribution in [3.63, 3.8) is 0 Å². The maximum atomic E-state index is 12.9. The number of rotatable bonds is 5. The average molecular weight is 477 g/mol. The molecular weight excluding hydrogens is 464 g/mol. The predicted molar refractivity (Wildman–Crippen MR) is 117 cm³/mol. The van der Waals surface area contributed by atoms with Gasteiger partial charge in [-0.15, -0.1) is 0 Å². The number of benzene rings is 2. The topological polar surface area (TPSA) is 43.4 Å². The van der Waals surface area contributed by atoms with Gasteiger partial charge in [-0.05, 0) is 60.7 Å². The van der Waals surface area contributed by atoms with Gasteiger partial charge in [0.25, 0.3) is 0 Å². The summed E-state index contributed by atoms with van der Waals surface area (Å²) in [5, 5.41) is 0.745. The van der Waals surface area contributed by atoms with Crippen LogP contribution in [0.2, 0.25) is 10.0 Å². The zero-order valence-electron chi connectivity index (χ0n) is 16.1. The van der Waals surface area contributed by atoms with Crippen molar-refractivity contribution >= 4 is 35.1 Å². The van der Waals surface area contributed by atoms with Crippen LogP contribution in [-0.2, 0) is 6.18 Å². The summed E-state index contributed by atoms with van der Waals surface area (Å²) in [4.78, 5) is 12.4. The van der Waals surface area contributed by atoms with E-state index >= 15 is 0 Å². The molecule has 2 heterocycles. The molecule has 3 nitrogen and oxygen atoms in total. The minimum Gasteiger partial charge on any atom is -0.457 e. The van der Waals surface area contributed by atoms with E-state index in [0.717, 1.165) is 12.1 Å². The molecule has 2 aromatic heterocycles. The molecule has 2 aromatic carbocycles. The van der Waals surface area contributed by atoms with Crippen molar-refractivity contribution in [1.29, 1.82) is 0 Å². The molecule has 8 heteroatoms. The Kier molecular flexibility index (Phi) is 6.00. The quantitative estimate of drug-likeness (QED) is 0.214.